The quantitative estimate of drug-likeness (QED) is 0.167. The molecule has 242 valence electrons. The molecule has 0 fully saturated rings. The maximum Gasteiger partial charge on any atom is 0.0542 e. The Bertz CT molecular complexity index is 2990. The van der Waals surface area contributed by atoms with Crippen molar-refractivity contribution >= 4 is 60.4 Å². The molecule has 0 N–H and O–H groups in total. The van der Waals surface area contributed by atoms with Crippen molar-refractivity contribution in [1.29, 1.82) is 0 Å². The lowest BCUT2D eigenvalue weighted by Crippen LogP contribution is -2.10. The minimum atomic E-state index is 1.12. The first kappa shape index (κ1) is 28.9. The zero-order valence-electron chi connectivity index (χ0n) is 28.4. The fourth-order valence-electron chi connectivity index (χ4n) is 8.58. The predicted molar refractivity (Wildman–Crippen MR) is 220 cm³/mol. The van der Waals surface area contributed by atoms with Crippen molar-refractivity contribution in [2.45, 2.75) is 0 Å². The van der Waals surface area contributed by atoms with Gasteiger partial charge in [-0.1, -0.05) is 127 Å². The molecule has 1 aliphatic rings. The third-order valence-corrected chi connectivity index (χ3v) is 10.9. The van der Waals surface area contributed by atoms with Gasteiger partial charge in [0.2, 0.25) is 0 Å². The fraction of sp³-hybridized carbons (Fsp3) is 0. The second kappa shape index (κ2) is 11.3. The Hall–Kier alpha value is -6.90. The van der Waals surface area contributed by atoms with Crippen LogP contribution in [0.3, 0.4) is 0 Å². The van der Waals surface area contributed by atoms with E-state index in [0.29, 0.717) is 0 Å². The van der Waals surface area contributed by atoms with Gasteiger partial charge in [-0.3, -0.25) is 0 Å². The second-order valence-corrected chi connectivity index (χ2v) is 13.7. The monoisotopic (exact) mass is 660 g/mol. The van der Waals surface area contributed by atoms with Gasteiger partial charge in [0.1, 0.15) is 0 Å². The molecule has 1 aliphatic carbocycles. The van der Waals surface area contributed by atoms with E-state index in [1.165, 1.54) is 76.7 Å². The molecule has 52 heavy (non-hydrogen) atoms. The first-order chi connectivity index (χ1) is 25.8. The molecule has 0 saturated heterocycles. The van der Waals surface area contributed by atoms with Crippen LogP contribution in [0.5, 0.6) is 0 Å². The van der Waals surface area contributed by atoms with E-state index >= 15 is 0 Å². The van der Waals surface area contributed by atoms with Crippen molar-refractivity contribution in [3.63, 3.8) is 0 Å². The minimum Gasteiger partial charge on any atom is -0.310 e. The van der Waals surface area contributed by atoms with Crippen LogP contribution < -0.4 is 4.90 Å². The maximum atomic E-state index is 2.43. The van der Waals surface area contributed by atoms with Gasteiger partial charge in [-0.05, 0) is 122 Å². The van der Waals surface area contributed by atoms with E-state index in [1.807, 2.05) is 0 Å². The zero-order valence-corrected chi connectivity index (χ0v) is 28.4. The summed E-state index contributed by atoms with van der Waals surface area (Å²) in [5.41, 5.74) is 14.6. The summed E-state index contributed by atoms with van der Waals surface area (Å²) in [7, 11) is 0. The summed E-state index contributed by atoms with van der Waals surface area (Å²) in [4.78, 5) is 2.43. The van der Waals surface area contributed by atoms with Gasteiger partial charge >= 0.3 is 0 Å². The molecule has 0 radical (unpaired) electrons. The molecule has 9 aromatic carbocycles. The van der Waals surface area contributed by atoms with Gasteiger partial charge in [0, 0.05) is 33.5 Å². The van der Waals surface area contributed by atoms with E-state index in [-0.39, 0.29) is 0 Å². The van der Waals surface area contributed by atoms with Crippen molar-refractivity contribution < 1.29 is 0 Å². The smallest absolute Gasteiger partial charge is 0.0542 e. The molecule has 0 saturated carbocycles. The van der Waals surface area contributed by atoms with Gasteiger partial charge in [-0.2, -0.15) is 0 Å². The molecule has 11 rings (SSSR count). The lowest BCUT2D eigenvalue weighted by atomic mass is 9.95. The molecule has 10 aromatic rings. The summed E-state index contributed by atoms with van der Waals surface area (Å²) < 4.78 is 2.38. The number of para-hydroxylation sites is 2. The average Bonchev–Trinajstić information content (AvgIpc) is 3.73. The van der Waals surface area contributed by atoms with E-state index in [4.69, 9.17) is 0 Å². The number of nitrogens with zero attached hydrogens (tertiary/aromatic N) is 2. The Morgan fingerprint density at radius 2 is 0.981 bits per heavy atom. The Balaban J connectivity index is 1.14. The third-order valence-electron chi connectivity index (χ3n) is 10.9. The molecule has 0 aliphatic heterocycles. The molecule has 0 atom stereocenters. The fourth-order valence-corrected chi connectivity index (χ4v) is 8.58. The van der Waals surface area contributed by atoms with Crippen LogP contribution in [0, 0.1) is 0 Å². The van der Waals surface area contributed by atoms with Crippen LogP contribution in [0.25, 0.3) is 82.4 Å². The second-order valence-electron chi connectivity index (χ2n) is 13.7. The SMILES string of the molecule is c1ccc(-c2ccc(N(c3ccc4c(c3)-c3c5ccccc5cc5cccc-4c35)c3ccc4c(c3)c3ccccc3n4-c3ccccc3)cc2)cc1. The highest BCUT2D eigenvalue weighted by molar-refractivity contribution is 6.24. The molecular formula is C50H32N2. The van der Waals surface area contributed by atoms with Gasteiger partial charge in [-0.15, -0.1) is 0 Å². The van der Waals surface area contributed by atoms with Crippen LogP contribution in [0.4, 0.5) is 17.1 Å². The van der Waals surface area contributed by atoms with Crippen LogP contribution in [-0.4, -0.2) is 4.57 Å². The van der Waals surface area contributed by atoms with E-state index < -0.39 is 0 Å². The van der Waals surface area contributed by atoms with Crippen LogP contribution in [-0.2, 0) is 0 Å². The van der Waals surface area contributed by atoms with Crippen LogP contribution >= 0.6 is 0 Å². The van der Waals surface area contributed by atoms with Crippen LogP contribution in [0.15, 0.2) is 194 Å². The average molecular weight is 661 g/mol. The number of rotatable bonds is 5. The largest absolute Gasteiger partial charge is 0.310 e. The Kier molecular flexibility index (Phi) is 6.28. The van der Waals surface area contributed by atoms with E-state index in [1.54, 1.807) is 0 Å². The minimum absolute atomic E-state index is 1.12. The summed E-state index contributed by atoms with van der Waals surface area (Å²) in [6, 6.07) is 70.9. The standard InChI is InChI=1S/C50H32N2/c1-3-12-33(13-4-1)34-22-24-38(25-23-34)51(40-27-29-48-45(31-40)43-19-9-10-21-47(43)52(48)37-16-5-2-6-17-37)39-26-28-42-44-20-11-15-36-30-35-14-7-8-18-41(35)50(49(36)44)46(42)32-39/h1-32H. The first-order valence-corrected chi connectivity index (χ1v) is 17.9. The van der Waals surface area contributed by atoms with Crippen molar-refractivity contribution in [3.8, 4) is 39.1 Å². The predicted octanol–water partition coefficient (Wildman–Crippen LogP) is 13.9. The number of fused-ring (bicyclic) bond motifs is 8. The summed E-state index contributed by atoms with van der Waals surface area (Å²) in [5.74, 6) is 0. The van der Waals surface area contributed by atoms with Crippen LogP contribution in [0.1, 0.15) is 0 Å². The number of benzene rings is 9. The molecule has 0 unspecified atom stereocenters. The molecule has 2 nitrogen and oxygen atoms in total. The maximum absolute atomic E-state index is 2.43. The lowest BCUT2D eigenvalue weighted by molar-refractivity contribution is 1.18. The normalized spacial score (nSPS) is 11.8. The molecule has 1 heterocycles. The zero-order chi connectivity index (χ0) is 34.2. The lowest BCUT2D eigenvalue weighted by Gasteiger charge is -2.27. The highest BCUT2D eigenvalue weighted by Crippen LogP contribution is 2.52. The summed E-state index contributed by atoms with van der Waals surface area (Å²) >= 11 is 0. The summed E-state index contributed by atoms with van der Waals surface area (Å²) in [6.45, 7) is 0. The van der Waals surface area contributed by atoms with Crippen molar-refractivity contribution in [2.75, 3.05) is 4.90 Å². The summed E-state index contributed by atoms with van der Waals surface area (Å²) in [5, 5.41) is 7.68. The number of hydrogen-bond donors (Lipinski definition) is 0. The van der Waals surface area contributed by atoms with Crippen molar-refractivity contribution in [3.05, 3.63) is 194 Å². The highest BCUT2D eigenvalue weighted by atomic mass is 15.1. The van der Waals surface area contributed by atoms with Gasteiger partial charge in [0.15, 0.2) is 0 Å². The molecule has 0 bridgehead atoms. The van der Waals surface area contributed by atoms with Gasteiger partial charge in [0.25, 0.3) is 0 Å². The van der Waals surface area contributed by atoms with Crippen LogP contribution in [0.2, 0.25) is 0 Å². The molecule has 0 amide bonds. The van der Waals surface area contributed by atoms with Gasteiger partial charge < -0.3 is 9.47 Å². The summed E-state index contributed by atoms with van der Waals surface area (Å²) in [6.07, 6.45) is 0. The first-order valence-electron chi connectivity index (χ1n) is 17.9. The van der Waals surface area contributed by atoms with E-state index in [2.05, 4.69) is 204 Å². The topological polar surface area (TPSA) is 8.17 Å². The van der Waals surface area contributed by atoms with Crippen molar-refractivity contribution in [1.82, 2.24) is 4.57 Å². The highest BCUT2D eigenvalue weighted by Gasteiger charge is 2.26. The van der Waals surface area contributed by atoms with Crippen molar-refractivity contribution in [2.24, 2.45) is 0 Å². The van der Waals surface area contributed by atoms with Gasteiger partial charge in [0.05, 0.1) is 11.0 Å². The number of hydrogen-bond acceptors (Lipinski definition) is 1. The van der Waals surface area contributed by atoms with E-state index in [0.717, 1.165) is 22.7 Å². The number of aromatic nitrogens is 1. The molecular weight excluding hydrogens is 629 g/mol. The Morgan fingerprint density at radius 1 is 0.346 bits per heavy atom. The molecule has 2 heteroatoms. The molecule has 1 aromatic heterocycles. The van der Waals surface area contributed by atoms with Gasteiger partial charge in [-0.25, -0.2) is 0 Å². The number of anilines is 3. The Morgan fingerprint density at radius 3 is 1.83 bits per heavy atom. The Labute approximate surface area is 302 Å². The third kappa shape index (κ3) is 4.31. The molecule has 0 spiro atoms. The van der Waals surface area contributed by atoms with E-state index in [9.17, 15) is 0 Å².